The molecule has 1 aliphatic heterocycles. The molecule has 2 N–H and O–H groups in total. The van der Waals surface area contributed by atoms with Gasteiger partial charge < -0.3 is 15.1 Å². The van der Waals surface area contributed by atoms with Crippen LogP contribution in [0.2, 0.25) is 0 Å². The molecule has 0 saturated heterocycles. The van der Waals surface area contributed by atoms with Crippen LogP contribution < -0.4 is 10.6 Å². The summed E-state index contributed by atoms with van der Waals surface area (Å²) in [6.07, 6.45) is 6.12. The molecule has 7 heteroatoms. The number of fused-ring (bicyclic) bond motifs is 1. The van der Waals surface area contributed by atoms with E-state index in [1.807, 2.05) is 16.8 Å². The molecule has 0 radical (unpaired) electrons. The summed E-state index contributed by atoms with van der Waals surface area (Å²) in [5, 5.41) is 11.0. The number of aliphatic imine (C=N–C) groups is 1. The summed E-state index contributed by atoms with van der Waals surface area (Å²) in [5.41, 5.74) is 0. The largest absolute Gasteiger partial charge is 0.469 e. The summed E-state index contributed by atoms with van der Waals surface area (Å²) >= 11 is 0. The van der Waals surface area contributed by atoms with E-state index in [4.69, 9.17) is 4.42 Å². The number of guanidine groups is 1. The van der Waals surface area contributed by atoms with Crippen LogP contribution in [0.3, 0.4) is 0 Å². The molecule has 7 nitrogen and oxygen atoms in total. The zero-order chi connectivity index (χ0) is 15.2. The van der Waals surface area contributed by atoms with Gasteiger partial charge in [0.1, 0.15) is 17.9 Å². The van der Waals surface area contributed by atoms with Crippen LogP contribution in [0.4, 0.5) is 0 Å². The van der Waals surface area contributed by atoms with Gasteiger partial charge in [-0.05, 0) is 25.5 Å². The Bertz CT molecular complexity index is 603. The van der Waals surface area contributed by atoms with Crippen LogP contribution >= 0.6 is 0 Å². The second-order valence-corrected chi connectivity index (χ2v) is 5.33. The second kappa shape index (κ2) is 7.11. The number of hydrogen-bond donors (Lipinski definition) is 2. The van der Waals surface area contributed by atoms with E-state index in [9.17, 15) is 0 Å². The number of nitrogens with zero attached hydrogens (tertiary/aromatic N) is 4. The van der Waals surface area contributed by atoms with Crippen molar-refractivity contribution in [2.75, 3.05) is 13.1 Å². The Morgan fingerprint density at radius 3 is 3.32 bits per heavy atom. The number of aromatic nitrogens is 3. The minimum Gasteiger partial charge on any atom is -0.469 e. The summed E-state index contributed by atoms with van der Waals surface area (Å²) in [7, 11) is 0. The quantitative estimate of drug-likeness (QED) is 0.636. The van der Waals surface area contributed by atoms with E-state index in [2.05, 4.69) is 32.6 Å². The molecule has 0 spiro atoms. The van der Waals surface area contributed by atoms with Gasteiger partial charge in [0.2, 0.25) is 0 Å². The Morgan fingerprint density at radius 2 is 2.50 bits per heavy atom. The highest BCUT2D eigenvalue weighted by molar-refractivity contribution is 5.80. The number of furan rings is 1. The standard InChI is InChI=1S/C15H22N6O/c1-2-16-15(17-8-7-13-4-3-9-22-13)20-12-5-6-14-18-11-19-21(14)10-12/h3-4,9,11-12H,2,5-8,10H2,1H3,(H2,16,17,20). The molecular weight excluding hydrogens is 280 g/mol. The average Bonchev–Trinajstić information content (AvgIpc) is 3.18. The van der Waals surface area contributed by atoms with Gasteiger partial charge in [0.15, 0.2) is 5.96 Å². The Balaban J connectivity index is 1.55. The molecule has 1 atom stereocenters. The van der Waals surface area contributed by atoms with E-state index in [1.165, 1.54) is 0 Å². The van der Waals surface area contributed by atoms with Gasteiger partial charge in [-0.25, -0.2) is 9.67 Å². The first-order valence-corrected chi connectivity index (χ1v) is 7.79. The van der Waals surface area contributed by atoms with Crippen LogP contribution in [-0.2, 0) is 19.4 Å². The molecule has 1 aliphatic rings. The molecule has 118 valence electrons. The SMILES string of the molecule is CCNC(=NCCc1ccco1)NC1CCc2ncnn2C1. The zero-order valence-electron chi connectivity index (χ0n) is 12.8. The monoisotopic (exact) mass is 302 g/mol. The second-order valence-electron chi connectivity index (χ2n) is 5.33. The first-order chi connectivity index (χ1) is 10.8. The Morgan fingerprint density at radius 1 is 1.55 bits per heavy atom. The van der Waals surface area contributed by atoms with Crippen molar-refractivity contribution in [1.82, 2.24) is 25.4 Å². The topological polar surface area (TPSA) is 80.3 Å². The lowest BCUT2D eigenvalue weighted by Crippen LogP contribution is -2.47. The normalized spacial score (nSPS) is 18.0. The molecule has 2 aromatic heterocycles. The van der Waals surface area contributed by atoms with Crippen LogP contribution in [0.15, 0.2) is 34.1 Å². The molecule has 0 aromatic carbocycles. The molecule has 3 rings (SSSR count). The smallest absolute Gasteiger partial charge is 0.191 e. The van der Waals surface area contributed by atoms with Crippen LogP contribution in [0.5, 0.6) is 0 Å². The molecule has 1 unspecified atom stereocenters. The van der Waals surface area contributed by atoms with E-state index in [-0.39, 0.29) is 0 Å². The Labute approximate surface area is 129 Å². The third kappa shape index (κ3) is 3.66. The third-order valence-corrected chi connectivity index (χ3v) is 3.70. The molecule has 2 aromatic rings. The van der Waals surface area contributed by atoms with Crippen molar-refractivity contribution in [1.29, 1.82) is 0 Å². The number of hydrogen-bond acceptors (Lipinski definition) is 4. The van der Waals surface area contributed by atoms with Gasteiger partial charge in [-0.2, -0.15) is 5.10 Å². The Kier molecular flexibility index (Phi) is 4.72. The van der Waals surface area contributed by atoms with Gasteiger partial charge in [0, 0.05) is 32.0 Å². The van der Waals surface area contributed by atoms with Crippen LogP contribution in [0.25, 0.3) is 0 Å². The van der Waals surface area contributed by atoms with Crippen LogP contribution in [0, 0.1) is 0 Å². The molecule has 3 heterocycles. The molecule has 22 heavy (non-hydrogen) atoms. The maximum atomic E-state index is 5.33. The van der Waals surface area contributed by atoms with E-state index >= 15 is 0 Å². The Hall–Kier alpha value is -2.31. The van der Waals surface area contributed by atoms with Gasteiger partial charge in [-0.15, -0.1) is 0 Å². The first-order valence-electron chi connectivity index (χ1n) is 7.79. The molecule has 0 saturated carbocycles. The van der Waals surface area contributed by atoms with Crippen LogP contribution in [-0.4, -0.2) is 39.9 Å². The average molecular weight is 302 g/mol. The molecule has 0 bridgehead atoms. The minimum atomic E-state index is 0.329. The fourth-order valence-electron chi connectivity index (χ4n) is 2.60. The fourth-order valence-corrected chi connectivity index (χ4v) is 2.60. The summed E-state index contributed by atoms with van der Waals surface area (Å²) < 4.78 is 7.29. The molecule has 0 aliphatic carbocycles. The van der Waals surface area contributed by atoms with Gasteiger partial charge in [-0.3, -0.25) is 4.99 Å². The van der Waals surface area contributed by atoms with Crippen molar-refractivity contribution in [3.05, 3.63) is 36.3 Å². The van der Waals surface area contributed by atoms with E-state index < -0.39 is 0 Å². The van der Waals surface area contributed by atoms with Gasteiger partial charge in [0.05, 0.1) is 12.8 Å². The summed E-state index contributed by atoms with van der Waals surface area (Å²) in [4.78, 5) is 8.87. The van der Waals surface area contributed by atoms with E-state index in [0.717, 1.165) is 49.9 Å². The summed E-state index contributed by atoms with van der Waals surface area (Å²) in [5.74, 6) is 2.88. The van der Waals surface area contributed by atoms with Gasteiger partial charge in [0.25, 0.3) is 0 Å². The molecule has 0 fully saturated rings. The highest BCUT2D eigenvalue weighted by Crippen LogP contribution is 2.11. The highest BCUT2D eigenvalue weighted by Gasteiger charge is 2.20. The van der Waals surface area contributed by atoms with Crippen molar-refractivity contribution in [3.63, 3.8) is 0 Å². The third-order valence-electron chi connectivity index (χ3n) is 3.70. The summed E-state index contributed by atoms with van der Waals surface area (Å²) in [6, 6.07) is 4.21. The predicted octanol–water partition coefficient (Wildman–Crippen LogP) is 0.984. The minimum absolute atomic E-state index is 0.329. The predicted molar refractivity (Wildman–Crippen MR) is 83.7 cm³/mol. The van der Waals surface area contributed by atoms with Crippen molar-refractivity contribution in [2.45, 2.75) is 38.8 Å². The highest BCUT2D eigenvalue weighted by atomic mass is 16.3. The maximum Gasteiger partial charge on any atom is 0.191 e. The number of nitrogens with one attached hydrogen (secondary N) is 2. The van der Waals surface area contributed by atoms with Crippen molar-refractivity contribution in [2.24, 2.45) is 4.99 Å². The number of aryl methyl sites for hydroxylation is 1. The fraction of sp³-hybridized carbons (Fsp3) is 0.533. The lowest BCUT2D eigenvalue weighted by Gasteiger charge is -2.25. The summed E-state index contributed by atoms with van der Waals surface area (Å²) in [6.45, 7) is 4.44. The molecular formula is C15H22N6O. The van der Waals surface area contributed by atoms with E-state index in [0.29, 0.717) is 12.6 Å². The first kappa shape index (κ1) is 14.6. The number of rotatable bonds is 5. The van der Waals surface area contributed by atoms with Crippen molar-refractivity contribution in [3.8, 4) is 0 Å². The van der Waals surface area contributed by atoms with Crippen molar-refractivity contribution < 1.29 is 4.42 Å². The maximum absolute atomic E-state index is 5.33. The molecule has 0 amide bonds. The lowest BCUT2D eigenvalue weighted by atomic mass is 10.1. The van der Waals surface area contributed by atoms with Crippen LogP contribution in [0.1, 0.15) is 24.9 Å². The van der Waals surface area contributed by atoms with Gasteiger partial charge >= 0.3 is 0 Å². The lowest BCUT2D eigenvalue weighted by molar-refractivity contribution is 0.392. The zero-order valence-corrected chi connectivity index (χ0v) is 12.8. The van der Waals surface area contributed by atoms with Gasteiger partial charge in [-0.1, -0.05) is 0 Å². The van der Waals surface area contributed by atoms with E-state index in [1.54, 1.807) is 12.6 Å². The van der Waals surface area contributed by atoms with Crippen molar-refractivity contribution >= 4 is 5.96 Å².